The van der Waals surface area contributed by atoms with E-state index in [4.69, 9.17) is 0 Å². The molecule has 0 N–H and O–H groups in total. The molecule has 2 heteroatoms. The van der Waals surface area contributed by atoms with Crippen LogP contribution in [-0.4, -0.2) is 18.8 Å². The molecule has 0 aliphatic carbocycles. The minimum Gasteiger partial charge on any atom is -0.358 e. The first-order chi connectivity index (χ1) is 5.45. The number of hydrogen-bond donors (Lipinski definition) is 0. The summed E-state index contributed by atoms with van der Waals surface area (Å²) in [5.74, 6) is 0. The number of anilines is 1. The van der Waals surface area contributed by atoms with Crippen molar-refractivity contribution >= 4 is 17.6 Å². The molecular formula is C9H8N2. The highest BCUT2D eigenvalue weighted by Gasteiger charge is 2.36. The summed E-state index contributed by atoms with van der Waals surface area (Å²) in [7, 11) is 0. The molecule has 0 amide bonds. The lowest BCUT2D eigenvalue weighted by Gasteiger charge is -2.10. The lowest BCUT2D eigenvalue weighted by Crippen LogP contribution is -2.03. The minimum atomic E-state index is 0.602. The molecule has 2 aliphatic rings. The highest BCUT2D eigenvalue weighted by molar-refractivity contribution is 5.89. The maximum absolute atomic E-state index is 4.35. The summed E-state index contributed by atoms with van der Waals surface area (Å²) in [5.41, 5.74) is 2.40. The van der Waals surface area contributed by atoms with Crippen molar-refractivity contribution in [3.8, 4) is 0 Å². The molecule has 1 aromatic carbocycles. The summed E-state index contributed by atoms with van der Waals surface area (Å²) in [6, 6.07) is 8.88. The van der Waals surface area contributed by atoms with E-state index in [0.717, 1.165) is 12.2 Å². The van der Waals surface area contributed by atoms with Gasteiger partial charge < -0.3 is 4.90 Å². The average Bonchev–Trinajstić information content (AvgIpc) is 2.83. The molecule has 0 bridgehead atoms. The molecule has 2 heterocycles. The van der Waals surface area contributed by atoms with Gasteiger partial charge in [0.2, 0.25) is 0 Å². The zero-order chi connectivity index (χ0) is 7.26. The first-order valence-electron chi connectivity index (χ1n) is 3.85. The fraction of sp³-hybridized carbons (Fsp3) is 0.222. The molecule has 0 radical (unpaired) electrons. The second-order valence-corrected chi connectivity index (χ2v) is 2.99. The summed E-state index contributed by atoms with van der Waals surface area (Å²) in [6.45, 7) is 1.15. The molecule has 0 saturated carbocycles. The third-order valence-electron chi connectivity index (χ3n) is 2.23. The molecular weight excluding hydrogens is 136 g/mol. The molecule has 1 aromatic rings. The number of hydrogen-bond acceptors (Lipinski definition) is 2. The standard InChI is InChI=1S/C9H8N2/c1-2-4-9-8(3-1)10-5-7-6-11(7)9/h1-5,7H,6H2. The van der Waals surface area contributed by atoms with Gasteiger partial charge in [-0.3, -0.25) is 4.99 Å². The summed E-state index contributed by atoms with van der Waals surface area (Å²) < 4.78 is 0. The van der Waals surface area contributed by atoms with Crippen LogP contribution in [0.2, 0.25) is 0 Å². The van der Waals surface area contributed by atoms with Crippen LogP contribution in [0.1, 0.15) is 0 Å². The van der Waals surface area contributed by atoms with Crippen LogP contribution in [-0.2, 0) is 0 Å². The maximum atomic E-state index is 4.35. The lowest BCUT2D eigenvalue weighted by molar-refractivity contribution is 1.28. The van der Waals surface area contributed by atoms with E-state index in [1.54, 1.807) is 0 Å². The highest BCUT2D eigenvalue weighted by Crippen LogP contribution is 2.38. The second-order valence-electron chi connectivity index (χ2n) is 2.99. The molecule has 1 saturated heterocycles. The SMILES string of the molecule is C1=Nc2ccccc2N2CC12. The van der Waals surface area contributed by atoms with Crippen molar-refractivity contribution in [2.24, 2.45) is 4.99 Å². The van der Waals surface area contributed by atoms with Gasteiger partial charge >= 0.3 is 0 Å². The zero-order valence-electron chi connectivity index (χ0n) is 6.07. The van der Waals surface area contributed by atoms with E-state index in [9.17, 15) is 0 Å². The number of rotatable bonds is 0. The summed E-state index contributed by atoms with van der Waals surface area (Å²) in [6.07, 6.45) is 2.03. The molecule has 3 rings (SSSR count). The van der Waals surface area contributed by atoms with Crippen LogP contribution in [0, 0.1) is 0 Å². The van der Waals surface area contributed by atoms with Crippen LogP contribution in [0.15, 0.2) is 29.3 Å². The minimum absolute atomic E-state index is 0.602. The van der Waals surface area contributed by atoms with Crippen LogP contribution in [0.5, 0.6) is 0 Å². The Bertz CT molecular complexity index is 330. The van der Waals surface area contributed by atoms with Gasteiger partial charge in [-0.2, -0.15) is 0 Å². The van der Waals surface area contributed by atoms with Gasteiger partial charge in [-0.15, -0.1) is 0 Å². The highest BCUT2D eigenvalue weighted by atomic mass is 15.3. The van der Waals surface area contributed by atoms with E-state index in [2.05, 4.69) is 28.1 Å². The van der Waals surface area contributed by atoms with E-state index < -0.39 is 0 Å². The Balaban J connectivity index is 2.24. The molecule has 2 aliphatic heterocycles. The third kappa shape index (κ3) is 0.638. The number of benzene rings is 1. The Kier molecular flexibility index (Phi) is 0.799. The van der Waals surface area contributed by atoms with Gasteiger partial charge in [0.05, 0.1) is 17.4 Å². The smallest absolute Gasteiger partial charge is 0.0860 e. The first kappa shape index (κ1) is 5.35. The summed E-state index contributed by atoms with van der Waals surface area (Å²) in [4.78, 5) is 6.70. The van der Waals surface area contributed by atoms with Gasteiger partial charge in [0.25, 0.3) is 0 Å². The normalized spacial score (nSPS) is 24.4. The Labute approximate surface area is 65.2 Å². The molecule has 1 atom stereocenters. The largest absolute Gasteiger partial charge is 0.358 e. The fourth-order valence-corrected chi connectivity index (χ4v) is 1.54. The Morgan fingerprint density at radius 3 is 3.27 bits per heavy atom. The Morgan fingerprint density at radius 2 is 2.27 bits per heavy atom. The quantitative estimate of drug-likeness (QED) is 0.505. The molecule has 54 valence electrons. The van der Waals surface area contributed by atoms with Crippen molar-refractivity contribution in [2.45, 2.75) is 6.04 Å². The van der Waals surface area contributed by atoms with E-state index >= 15 is 0 Å². The molecule has 2 nitrogen and oxygen atoms in total. The zero-order valence-corrected chi connectivity index (χ0v) is 6.07. The van der Waals surface area contributed by atoms with Gasteiger partial charge in [-0.1, -0.05) is 12.1 Å². The molecule has 11 heavy (non-hydrogen) atoms. The van der Waals surface area contributed by atoms with Crippen molar-refractivity contribution in [3.63, 3.8) is 0 Å². The van der Waals surface area contributed by atoms with Crippen LogP contribution >= 0.6 is 0 Å². The van der Waals surface area contributed by atoms with Crippen molar-refractivity contribution in [2.75, 3.05) is 11.4 Å². The van der Waals surface area contributed by atoms with Crippen molar-refractivity contribution in [1.82, 2.24) is 0 Å². The van der Waals surface area contributed by atoms with E-state index in [-0.39, 0.29) is 0 Å². The van der Waals surface area contributed by atoms with E-state index in [1.165, 1.54) is 5.69 Å². The van der Waals surface area contributed by atoms with E-state index in [1.807, 2.05) is 12.3 Å². The van der Waals surface area contributed by atoms with Crippen LogP contribution in [0.25, 0.3) is 0 Å². The number of nitrogens with zero attached hydrogens (tertiary/aromatic N) is 2. The predicted molar refractivity (Wildman–Crippen MR) is 45.7 cm³/mol. The van der Waals surface area contributed by atoms with Gasteiger partial charge in [-0.25, -0.2) is 0 Å². The summed E-state index contributed by atoms with van der Waals surface area (Å²) >= 11 is 0. The number of aliphatic imine (C=N–C) groups is 1. The molecule has 1 unspecified atom stereocenters. The lowest BCUT2D eigenvalue weighted by atomic mass is 10.2. The number of fused-ring (bicyclic) bond motifs is 3. The Hall–Kier alpha value is -1.31. The first-order valence-corrected chi connectivity index (χ1v) is 3.85. The van der Waals surface area contributed by atoms with E-state index in [0.29, 0.717) is 6.04 Å². The predicted octanol–water partition coefficient (Wildman–Crippen LogP) is 1.59. The van der Waals surface area contributed by atoms with Crippen molar-refractivity contribution < 1.29 is 0 Å². The van der Waals surface area contributed by atoms with Crippen LogP contribution in [0.4, 0.5) is 11.4 Å². The van der Waals surface area contributed by atoms with Crippen LogP contribution < -0.4 is 4.90 Å². The summed E-state index contributed by atoms with van der Waals surface area (Å²) in [5, 5.41) is 0. The van der Waals surface area contributed by atoms with Crippen molar-refractivity contribution in [1.29, 1.82) is 0 Å². The van der Waals surface area contributed by atoms with Gasteiger partial charge in [0.15, 0.2) is 0 Å². The average molecular weight is 144 g/mol. The van der Waals surface area contributed by atoms with Gasteiger partial charge in [0, 0.05) is 12.8 Å². The number of para-hydroxylation sites is 2. The van der Waals surface area contributed by atoms with Gasteiger partial charge in [0.1, 0.15) is 0 Å². The maximum Gasteiger partial charge on any atom is 0.0860 e. The second kappa shape index (κ2) is 1.64. The molecule has 0 spiro atoms. The Morgan fingerprint density at radius 1 is 1.36 bits per heavy atom. The van der Waals surface area contributed by atoms with Crippen molar-refractivity contribution in [3.05, 3.63) is 24.3 Å². The van der Waals surface area contributed by atoms with Crippen LogP contribution in [0.3, 0.4) is 0 Å². The van der Waals surface area contributed by atoms with Gasteiger partial charge in [-0.05, 0) is 12.1 Å². The monoisotopic (exact) mass is 144 g/mol. The topological polar surface area (TPSA) is 15.4 Å². The fourth-order valence-electron chi connectivity index (χ4n) is 1.54. The third-order valence-corrected chi connectivity index (χ3v) is 2.23. The molecule has 0 aromatic heterocycles. The molecule has 1 fully saturated rings.